The van der Waals surface area contributed by atoms with E-state index in [0.717, 1.165) is 12.1 Å². The average molecular weight is 250 g/mol. The van der Waals surface area contributed by atoms with Gasteiger partial charge in [0.05, 0.1) is 0 Å². The number of rotatable bonds is 8. The normalized spacial score (nSPS) is 11.4. The molecule has 0 N–H and O–H groups in total. The van der Waals surface area contributed by atoms with Gasteiger partial charge in [-0.1, -0.05) is 36.4 Å². The van der Waals surface area contributed by atoms with Crippen LogP contribution in [-0.2, 0) is 14.9 Å². The van der Waals surface area contributed by atoms with Crippen molar-refractivity contribution in [2.24, 2.45) is 0 Å². The molecule has 0 atom stereocenters. The summed E-state index contributed by atoms with van der Waals surface area (Å²) < 4.78 is 11.9. The van der Waals surface area contributed by atoms with Gasteiger partial charge in [0.1, 0.15) is 0 Å². The summed E-state index contributed by atoms with van der Waals surface area (Å²) in [6.45, 7) is 9.27. The highest BCUT2D eigenvalue weighted by Gasteiger charge is 2.35. The molecule has 0 fully saturated rings. The molecule has 17 heavy (non-hydrogen) atoms. The Morgan fingerprint density at radius 1 is 1.12 bits per heavy atom. The molecular weight excluding hydrogens is 228 g/mol. The topological polar surface area (TPSA) is 18.5 Å². The first-order valence-corrected chi connectivity index (χ1v) is 8.42. The first-order chi connectivity index (χ1) is 8.26. The van der Waals surface area contributed by atoms with E-state index >= 15 is 0 Å². The van der Waals surface area contributed by atoms with Gasteiger partial charge in [-0.05, 0) is 19.4 Å². The molecule has 0 aromatic heterocycles. The van der Waals surface area contributed by atoms with E-state index in [2.05, 4.69) is 30.8 Å². The fourth-order valence-electron chi connectivity index (χ4n) is 1.99. The van der Waals surface area contributed by atoms with Gasteiger partial charge in [-0.2, -0.15) is 0 Å². The van der Waals surface area contributed by atoms with Crippen molar-refractivity contribution in [3.8, 4) is 0 Å². The Hall–Kier alpha value is -0.903. The van der Waals surface area contributed by atoms with Crippen LogP contribution in [0.5, 0.6) is 0 Å². The number of hydrogen-bond donors (Lipinski definition) is 0. The lowest BCUT2D eigenvalue weighted by Gasteiger charge is -2.29. The van der Waals surface area contributed by atoms with Crippen molar-refractivity contribution in [1.82, 2.24) is 0 Å². The molecule has 0 saturated heterocycles. The van der Waals surface area contributed by atoms with Crippen LogP contribution in [0.4, 0.5) is 0 Å². The van der Waals surface area contributed by atoms with Crippen LogP contribution in [0.15, 0.2) is 43.0 Å². The molecule has 1 aromatic carbocycles. The van der Waals surface area contributed by atoms with E-state index in [1.807, 2.05) is 26.0 Å². The van der Waals surface area contributed by atoms with Crippen LogP contribution in [0.25, 0.3) is 0 Å². The fourth-order valence-corrected chi connectivity index (χ4v) is 5.00. The van der Waals surface area contributed by atoms with Crippen LogP contribution in [0.1, 0.15) is 19.4 Å². The summed E-state index contributed by atoms with van der Waals surface area (Å²) in [6.07, 6.45) is 1.92. The molecule has 3 heteroatoms. The molecule has 0 heterocycles. The highest BCUT2D eigenvalue weighted by molar-refractivity contribution is 6.67. The van der Waals surface area contributed by atoms with E-state index in [1.165, 1.54) is 5.56 Å². The lowest BCUT2D eigenvalue weighted by molar-refractivity contribution is 0.184. The van der Waals surface area contributed by atoms with Crippen LogP contribution < -0.4 is 0 Å². The summed E-state index contributed by atoms with van der Waals surface area (Å²) >= 11 is 0. The van der Waals surface area contributed by atoms with E-state index in [9.17, 15) is 0 Å². The van der Waals surface area contributed by atoms with Gasteiger partial charge >= 0.3 is 8.56 Å². The maximum absolute atomic E-state index is 5.96. The smallest absolute Gasteiger partial charge is 0.346 e. The Bertz CT molecular complexity index is 318. The summed E-state index contributed by atoms with van der Waals surface area (Å²) in [5.41, 5.74) is 1.28. The molecule has 0 spiro atoms. The Morgan fingerprint density at radius 2 is 1.71 bits per heavy atom. The van der Waals surface area contributed by atoms with Gasteiger partial charge in [-0.3, -0.25) is 0 Å². The van der Waals surface area contributed by atoms with Gasteiger partial charge in [0.15, 0.2) is 0 Å². The van der Waals surface area contributed by atoms with E-state index in [-0.39, 0.29) is 0 Å². The van der Waals surface area contributed by atoms with Crippen LogP contribution in [0.3, 0.4) is 0 Å². The van der Waals surface area contributed by atoms with Gasteiger partial charge in [-0.15, -0.1) is 6.58 Å². The molecule has 1 rings (SSSR count). The van der Waals surface area contributed by atoms with Gasteiger partial charge < -0.3 is 8.85 Å². The molecule has 2 nitrogen and oxygen atoms in total. The molecule has 0 amide bonds. The van der Waals surface area contributed by atoms with E-state index in [1.54, 1.807) is 0 Å². The minimum absolute atomic E-state index is 0.701. The highest BCUT2D eigenvalue weighted by atomic mass is 28.4. The molecule has 0 radical (unpaired) electrons. The van der Waals surface area contributed by atoms with Crippen molar-refractivity contribution in [2.75, 3.05) is 13.2 Å². The Kier molecular flexibility index (Phi) is 6.19. The largest absolute Gasteiger partial charge is 0.394 e. The molecule has 0 bridgehead atoms. The van der Waals surface area contributed by atoms with Crippen molar-refractivity contribution in [2.45, 2.75) is 25.9 Å². The summed E-state index contributed by atoms with van der Waals surface area (Å²) in [4.78, 5) is 0. The molecule has 0 aliphatic heterocycles. The Labute approximate surface area is 106 Å². The quantitative estimate of drug-likeness (QED) is 0.519. The third kappa shape index (κ3) is 4.46. The van der Waals surface area contributed by atoms with Crippen LogP contribution in [-0.4, -0.2) is 21.8 Å². The van der Waals surface area contributed by atoms with Crippen molar-refractivity contribution in [3.63, 3.8) is 0 Å². The standard InChI is InChI=1S/C14H22O2Si/c1-4-12-17(15-5-2,16-6-3)13-14-10-8-7-9-11-14/h4,7-11H,1,5-6,12-13H2,2-3H3. The minimum Gasteiger partial charge on any atom is -0.394 e. The third-order valence-electron chi connectivity index (χ3n) is 2.59. The maximum Gasteiger partial charge on any atom is 0.346 e. The van der Waals surface area contributed by atoms with E-state index in [0.29, 0.717) is 13.2 Å². The van der Waals surface area contributed by atoms with Crippen LogP contribution >= 0.6 is 0 Å². The van der Waals surface area contributed by atoms with E-state index in [4.69, 9.17) is 8.85 Å². The van der Waals surface area contributed by atoms with Crippen LogP contribution in [0.2, 0.25) is 6.04 Å². The Morgan fingerprint density at radius 3 is 2.18 bits per heavy atom. The van der Waals surface area contributed by atoms with Crippen molar-refractivity contribution >= 4 is 8.56 Å². The van der Waals surface area contributed by atoms with Gasteiger partial charge in [0.2, 0.25) is 0 Å². The molecule has 0 saturated carbocycles. The minimum atomic E-state index is -2.15. The summed E-state index contributed by atoms with van der Waals surface area (Å²) in [7, 11) is -2.15. The molecular formula is C14H22O2Si. The highest BCUT2D eigenvalue weighted by Crippen LogP contribution is 2.20. The lowest BCUT2D eigenvalue weighted by Crippen LogP contribution is -2.44. The van der Waals surface area contributed by atoms with Gasteiger partial charge in [-0.25, -0.2) is 0 Å². The number of allylic oxidation sites excluding steroid dienone is 1. The first kappa shape index (κ1) is 14.2. The summed E-state index contributed by atoms with van der Waals surface area (Å²) in [6, 6.07) is 12.1. The molecule has 0 aliphatic carbocycles. The molecule has 94 valence electrons. The molecule has 0 aliphatic rings. The maximum atomic E-state index is 5.96. The zero-order chi connectivity index (χ0) is 12.6. The zero-order valence-corrected chi connectivity index (χ0v) is 11.8. The SMILES string of the molecule is C=CC[Si](Cc1ccccc1)(OCC)OCC. The zero-order valence-electron chi connectivity index (χ0n) is 10.8. The summed E-state index contributed by atoms with van der Waals surface area (Å²) in [5.74, 6) is 0. The Balaban J connectivity index is 2.83. The predicted molar refractivity (Wildman–Crippen MR) is 74.2 cm³/mol. The summed E-state index contributed by atoms with van der Waals surface area (Å²) in [5, 5.41) is 0. The third-order valence-corrected chi connectivity index (χ3v) is 6.07. The monoisotopic (exact) mass is 250 g/mol. The van der Waals surface area contributed by atoms with Crippen molar-refractivity contribution < 1.29 is 8.85 Å². The van der Waals surface area contributed by atoms with Crippen molar-refractivity contribution in [3.05, 3.63) is 48.6 Å². The second-order valence-electron chi connectivity index (χ2n) is 3.93. The van der Waals surface area contributed by atoms with Gasteiger partial charge in [0.25, 0.3) is 0 Å². The van der Waals surface area contributed by atoms with Crippen molar-refractivity contribution in [1.29, 1.82) is 0 Å². The molecule has 0 unspecified atom stereocenters. The second-order valence-corrected chi connectivity index (χ2v) is 7.09. The average Bonchev–Trinajstić information content (AvgIpc) is 2.31. The molecule has 1 aromatic rings. The van der Waals surface area contributed by atoms with Gasteiger partial charge in [0, 0.05) is 25.3 Å². The lowest BCUT2D eigenvalue weighted by atomic mass is 10.2. The fraction of sp³-hybridized carbons (Fsp3) is 0.429. The van der Waals surface area contributed by atoms with E-state index < -0.39 is 8.56 Å². The number of benzene rings is 1. The van der Waals surface area contributed by atoms with Crippen LogP contribution in [0, 0.1) is 0 Å². The first-order valence-electron chi connectivity index (χ1n) is 6.19. The number of hydrogen-bond acceptors (Lipinski definition) is 2. The predicted octanol–water partition coefficient (Wildman–Crippen LogP) is 3.47. The second kappa shape index (κ2) is 7.43.